The van der Waals surface area contributed by atoms with Gasteiger partial charge in [-0.3, -0.25) is 0 Å². The summed E-state index contributed by atoms with van der Waals surface area (Å²) in [6.07, 6.45) is -10.8. The van der Waals surface area contributed by atoms with Gasteiger partial charge < -0.3 is 0 Å². The monoisotopic (exact) mass is 699 g/mol. The molecule has 2 aromatic carbocycles. The molecule has 260 valence electrons. The second-order valence-corrected chi connectivity index (χ2v) is 14.6. The Kier molecular flexibility index (Phi) is 13.1. The summed E-state index contributed by atoms with van der Waals surface area (Å²) in [4.78, 5) is 0. The van der Waals surface area contributed by atoms with Crippen LogP contribution in [0.3, 0.4) is 0 Å². The van der Waals surface area contributed by atoms with E-state index in [0.29, 0.717) is 0 Å². The van der Waals surface area contributed by atoms with Gasteiger partial charge in [-0.05, 0) is 39.5 Å². The molecule has 0 unspecified atom stereocenters. The van der Waals surface area contributed by atoms with E-state index < -0.39 is 43.6 Å². The van der Waals surface area contributed by atoms with Crippen molar-refractivity contribution in [1.29, 1.82) is 0 Å². The van der Waals surface area contributed by atoms with Gasteiger partial charge in [-0.15, -0.1) is 0 Å². The Morgan fingerprint density at radius 1 is 0.511 bits per heavy atom. The summed E-state index contributed by atoms with van der Waals surface area (Å²) >= 11 is 0. The van der Waals surface area contributed by atoms with E-state index in [0.717, 1.165) is 6.42 Å². The predicted molar refractivity (Wildman–Crippen MR) is 146 cm³/mol. The Balaban J connectivity index is 0.000000815. The topological polar surface area (TPSA) is 0 Å². The van der Waals surface area contributed by atoms with E-state index in [-0.39, 0.29) is 10.8 Å². The first kappa shape index (κ1) is 42.7. The maximum atomic E-state index is 12.7. The smallest absolute Gasteiger partial charge is 0.0583 e. The first-order chi connectivity index (χ1) is 19.8. The van der Waals surface area contributed by atoms with Crippen molar-refractivity contribution >= 4 is 7.54 Å². The quantitative estimate of drug-likeness (QED) is 0.146. The molecule has 0 aromatic heterocycles. The Bertz CT molecular complexity index is 1110. The van der Waals surface area contributed by atoms with Crippen LogP contribution in [0.1, 0.15) is 70.7 Å². The van der Waals surface area contributed by atoms with E-state index >= 15 is 0 Å². The molecule has 0 saturated carbocycles. The van der Waals surface area contributed by atoms with Crippen molar-refractivity contribution in [3.63, 3.8) is 0 Å². The Labute approximate surface area is 252 Å². The Hall–Kier alpha value is -2.31. The van der Waals surface area contributed by atoms with Crippen LogP contribution < -0.4 is 0 Å². The molecule has 45 heavy (non-hydrogen) atoms. The standard InChI is InChI=1S/C21H28.C6H2F15P.C2H5/c1-20(2,3)18-11-7-16(8-12-18)15-17-9-13-19(14-10-17)21(4,5)6;7-1(8)3(11,12)5(15,16)22(19,20,21)6(17,18)4(13,14)2(9)10;1-2/h7-14H,15H2,1-6H3;1-2H;1H2,2H3/q;;+1. The molecule has 0 nitrogen and oxygen atoms in total. The van der Waals surface area contributed by atoms with Gasteiger partial charge in [-0.25, -0.2) is 0 Å². The number of hydrogen-bond acceptors (Lipinski definition) is 0. The number of halogens is 15. The van der Waals surface area contributed by atoms with E-state index in [4.69, 9.17) is 0 Å². The SMILES string of the molecule is CC(C)(C)c1ccc(Cc2ccc(C(C)(C)C)cc2)cc1.FC(F)C(F)(F)C(F)(F)P(F)(F)(F)C(F)(F)C(F)(F)C(F)F.[CH2+]C. The zero-order valence-corrected chi connectivity index (χ0v) is 26.2. The van der Waals surface area contributed by atoms with Crippen molar-refractivity contribution < 1.29 is 65.3 Å². The molecule has 0 fully saturated rings. The predicted octanol–water partition coefficient (Wildman–Crippen LogP) is 12.9. The van der Waals surface area contributed by atoms with Gasteiger partial charge in [0.05, 0.1) is 13.8 Å². The van der Waals surface area contributed by atoms with E-state index in [1.165, 1.54) is 22.3 Å². The van der Waals surface area contributed by atoms with Crippen LogP contribution in [0.15, 0.2) is 48.5 Å². The molecule has 0 aliphatic heterocycles. The van der Waals surface area contributed by atoms with Gasteiger partial charge >= 0.3 is 109 Å². The summed E-state index contributed by atoms with van der Waals surface area (Å²) in [6, 6.07) is 18.1. The molecule has 0 aliphatic carbocycles. The van der Waals surface area contributed by atoms with Gasteiger partial charge in [0, 0.05) is 0 Å². The maximum absolute atomic E-state index is 12.7. The van der Waals surface area contributed by atoms with E-state index in [1.807, 2.05) is 0 Å². The molecule has 0 aliphatic rings. The largest absolute Gasteiger partial charge is 0.0746 e. The second-order valence-electron chi connectivity index (χ2n) is 11.8. The van der Waals surface area contributed by atoms with E-state index in [1.54, 1.807) is 6.92 Å². The summed E-state index contributed by atoms with van der Waals surface area (Å²) in [7, 11) is -11.7. The zero-order valence-electron chi connectivity index (χ0n) is 25.3. The summed E-state index contributed by atoms with van der Waals surface area (Å²) in [6.45, 7) is 18.5. The number of hydrogen-bond donors (Lipinski definition) is 0. The number of rotatable bonds is 8. The van der Waals surface area contributed by atoms with Gasteiger partial charge in [-0.1, -0.05) is 90.1 Å². The summed E-state index contributed by atoms with van der Waals surface area (Å²) in [5.74, 6) is -15.1. The van der Waals surface area contributed by atoms with Gasteiger partial charge in [0.2, 0.25) is 0 Å². The molecule has 0 amide bonds. The van der Waals surface area contributed by atoms with Crippen LogP contribution in [-0.2, 0) is 17.3 Å². The number of alkyl halides is 12. The van der Waals surface area contributed by atoms with E-state index in [2.05, 4.69) is 97.0 Å². The molecule has 0 radical (unpaired) electrons. The summed E-state index contributed by atoms with van der Waals surface area (Å²) in [5, 5.41) is 0. The van der Waals surface area contributed by atoms with Crippen molar-refractivity contribution in [2.45, 2.75) is 102 Å². The maximum Gasteiger partial charge on any atom is 0.0746 e. The number of benzene rings is 2. The molecule has 0 N–H and O–H groups in total. The van der Waals surface area contributed by atoms with Crippen LogP contribution >= 0.6 is 7.54 Å². The normalized spacial score (nSPS) is 14.6. The van der Waals surface area contributed by atoms with Crippen LogP contribution in [0.4, 0.5) is 65.3 Å². The average molecular weight is 700 g/mol. The molecule has 2 rings (SSSR count). The molecule has 0 atom stereocenters. The minimum Gasteiger partial charge on any atom is 0.0583 e. The summed E-state index contributed by atoms with van der Waals surface area (Å²) in [5.41, 5.74) is -10.7. The van der Waals surface area contributed by atoms with Gasteiger partial charge in [-0.2, -0.15) is 0 Å². The van der Waals surface area contributed by atoms with Gasteiger partial charge in [0.15, 0.2) is 0 Å². The minimum atomic E-state index is -11.7. The fraction of sp³-hybridized carbons (Fsp3) is 0.552. The third kappa shape index (κ3) is 8.54. The van der Waals surface area contributed by atoms with Gasteiger partial charge in [0.25, 0.3) is 0 Å². The van der Waals surface area contributed by atoms with Crippen molar-refractivity contribution in [3.05, 3.63) is 77.7 Å². The second kappa shape index (κ2) is 13.8. The third-order valence-electron chi connectivity index (χ3n) is 6.32. The first-order valence-corrected chi connectivity index (χ1v) is 14.9. The summed E-state index contributed by atoms with van der Waals surface area (Å²) < 4.78 is 184. The molecule has 0 bridgehead atoms. The Morgan fingerprint density at radius 3 is 0.911 bits per heavy atom. The van der Waals surface area contributed by atoms with Gasteiger partial charge in [0.1, 0.15) is 0 Å². The van der Waals surface area contributed by atoms with Crippen molar-refractivity contribution in [3.8, 4) is 0 Å². The third-order valence-corrected chi connectivity index (χ3v) is 8.75. The molecule has 2 aromatic rings. The van der Waals surface area contributed by atoms with E-state index in [9.17, 15) is 65.3 Å². The fourth-order valence-electron chi connectivity index (χ4n) is 3.41. The van der Waals surface area contributed by atoms with Crippen LogP contribution in [-0.4, -0.2) is 36.0 Å². The van der Waals surface area contributed by atoms with Crippen molar-refractivity contribution in [1.82, 2.24) is 0 Å². The van der Waals surface area contributed by atoms with Crippen molar-refractivity contribution in [2.24, 2.45) is 0 Å². The molecule has 0 heterocycles. The molecular weight excluding hydrogens is 664 g/mol. The van der Waals surface area contributed by atoms with Crippen molar-refractivity contribution in [2.75, 3.05) is 0 Å². The van der Waals surface area contributed by atoms with Crippen LogP contribution in [0.2, 0.25) is 0 Å². The van der Waals surface area contributed by atoms with Crippen LogP contribution in [0.25, 0.3) is 0 Å². The minimum absolute atomic E-state index is 0.229. The molecular formula is C29H35F15P+. The Morgan fingerprint density at radius 2 is 0.733 bits per heavy atom. The fourth-order valence-corrected chi connectivity index (χ4v) is 4.93. The molecule has 0 saturated heterocycles. The van der Waals surface area contributed by atoms with Crippen LogP contribution in [0, 0.1) is 6.92 Å². The van der Waals surface area contributed by atoms with Crippen LogP contribution in [0.5, 0.6) is 0 Å². The molecule has 16 heteroatoms. The average Bonchev–Trinajstić information content (AvgIpc) is 2.89. The zero-order chi connectivity index (χ0) is 36.3. The first-order valence-electron chi connectivity index (χ1n) is 13.0. The molecule has 0 spiro atoms.